The van der Waals surface area contributed by atoms with Gasteiger partial charge in [0.2, 0.25) is 5.82 Å². The Morgan fingerprint density at radius 1 is 1.08 bits per heavy atom. The number of ether oxygens (including phenoxy) is 1. The molecule has 2 N–H and O–H groups in total. The van der Waals surface area contributed by atoms with Gasteiger partial charge in [0.15, 0.2) is 16.8 Å². The number of carbonyl (C=O) groups is 1. The lowest BCUT2D eigenvalue weighted by Crippen LogP contribution is -2.13. The van der Waals surface area contributed by atoms with E-state index in [4.69, 9.17) is 16.0 Å². The number of benzene rings is 3. The number of nitrogens with one attached hydrogen (secondary N) is 2. The fourth-order valence-corrected chi connectivity index (χ4v) is 3.54. The van der Waals surface area contributed by atoms with E-state index in [-0.39, 0.29) is 52.2 Å². The second-order valence-electron chi connectivity index (χ2n) is 7.78. The number of aromatic nitrogens is 4. The molecule has 0 spiro atoms. The van der Waals surface area contributed by atoms with Crippen LogP contribution in [0.15, 0.2) is 88.0 Å². The van der Waals surface area contributed by atoms with Crippen molar-refractivity contribution >= 4 is 22.6 Å². The molecule has 0 saturated carbocycles. The van der Waals surface area contributed by atoms with Crippen LogP contribution in [-0.4, -0.2) is 33.1 Å². The monoisotopic (exact) mass is 486 g/mol. The lowest BCUT2D eigenvalue weighted by Gasteiger charge is -2.10. The maximum absolute atomic E-state index is 12.9. The van der Waals surface area contributed by atoms with Crippen LogP contribution in [0.3, 0.4) is 0 Å². The smallest absolute Gasteiger partial charge is 0.255 e. The molecule has 5 aromatic rings. The number of H-pyrrole nitrogens is 1. The van der Waals surface area contributed by atoms with Crippen LogP contribution in [0, 0.1) is 0 Å². The zero-order valence-electron chi connectivity index (χ0n) is 23.9. The summed E-state index contributed by atoms with van der Waals surface area (Å²) >= 11 is 0. The van der Waals surface area contributed by atoms with Crippen LogP contribution >= 0.6 is 0 Å². The number of hydrogen-bond acceptors (Lipinski definition) is 7. The summed E-state index contributed by atoms with van der Waals surface area (Å²) in [5.41, 5.74) is 0.804. The second kappa shape index (κ2) is 10.6. The fraction of sp³-hybridized carbons (Fsp3) is 0.148. The minimum Gasteiger partial charge on any atom is -0.494 e. The predicted octanol–water partition coefficient (Wildman–Crippen LogP) is 4.63. The van der Waals surface area contributed by atoms with Gasteiger partial charge in [-0.3, -0.25) is 9.59 Å². The number of unbranched alkanes of at least 4 members (excludes halogenated alkanes) is 1. The molecule has 36 heavy (non-hydrogen) atoms. The van der Waals surface area contributed by atoms with Crippen LogP contribution in [0.2, 0.25) is 0 Å². The Labute approximate surface area is 213 Å². The highest BCUT2D eigenvalue weighted by molar-refractivity contribution is 6.08. The van der Waals surface area contributed by atoms with Gasteiger partial charge in [0.1, 0.15) is 5.75 Å². The van der Waals surface area contributed by atoms with E-state index in [1.54, 1.807) is 42.5 Å². The summed E-state index contributed by atoms with van der Waals surface area (Å²) in [6.07, 6.45) is 1.51. The first kappa shape index (κ1) is 17.6. The van der Waals surface area contributed by atoms with E-state index in [1.807, 2.05) is 0 Å². The predicted molar refractivity (Wildman–Crippen MR) is 135 cm³/mol. The molecule has 0 atom stereocenters. The highest BCUT2D eigenvalue weighted by Gasteiger charge is 2.15. The van der Waals surface area contributed by atoms with Crippen molar-refractivity contribution in [3.05, 3.63) is 100 Å². The lowest BCUT2D eigenvalue weighted by atomic mass is 10.1. The van der Waals surface area contributed by atoms with E-state index < -0.39 is 11.9 Å². The summed E-state index contributed by atoms with van der Waals surface area (Å²) < 4.78 is 50.8. The summed E-state index contributed by atoms with van der Waals surface area (Å²) in [7, 11) is 0. The summed E-state index contributed by atoms with van der Waals surface area (Å²) in [4.78, 5) is 25.5. The van der Waals surface area contributed by atoms with Crippen LogP contribution in [-0.2, 0) is 6.42 Å². The van der Waals surface area contributed by atoms with E-state index >= 15 is 0 Å². The molecule has 0 aliphatic carbocycles. The van der Waals surface area contributed by atoms with E-state index in [2.05, 4.69) is 25.9 Å². The number of anilines is 1. The van der Waals surface area contributed by atoms with Gasteiger partial charge < -0.3 is 14.5 Å². The van der Waals surface area contributed by atoms with Crippen LogP contribution in [0.1, 0.15) is 35.6 Å². The first-order valence-corrected chi connectivity index (χ1v) is 11.2. The van der Waals surface area contributed by atoms with E-state index in [0.29, 0.717) is 48.4 Å². The fourth-order valence-electron chi connectivity index (χ4n) is 3.54. The van der Waals surface area contributed by atoms with E-state index in [0.717, 1.165) is 0 Å². The molecule has 0 saturated heterocycles. The van der Waals surface area contributed by atoms with Crippen molar-refractivity contribution < 1.29 is 20.8 Å². The molecule has 3 aromatic carbocycles. The highest BCUT2D eigenvalue weighted by Crippen LogP contribution is 2.26. The van der Waals surface area contributed by atoms with E-state index in [9.17, 15) is 9.59 Å². The molecule has 0 unspecified atom stereocenters. The molecule has 9 nitrogen and oxygen atoms in total. The molecule has 2 heterocycles. The van der Waals surface area contributed by atoms with Gasteiger partial charge in [0, 0.05) is 11.6 Å². The summed E-state index contributed by atoms with van der Waals surface area (Å²) in [5, 5.41) is 16.5. The standard InChI is InChI=1S/C27H23N5O4/c33-23-17-24(26-29-31-32-30-26)36-25-21(23)10-6-11-22(25)28-27(34)19-12-14-20(15-13-19)35-16-5-4-9-18-7-2-1-3-8-18/h1-3,6-8,10-15,17H,4-5,9,16H2,(H,28,34)(H,29,30,31,32)/i1D,2D,3D,7D,8D. The molecule has 0 aliphatic heterocycles. The maximum Gasteiger partial charge on any atom is 0.255 e. The lowest BCUT2D eigenvalue weighted by molar-refractivity contribution is 0.102. The molecule has 180 valence electrons. The maximum atomic E-state index is 12.9. The van der Waals surface area contributed by atoms with Crippen molar-refractivity contribution in [2.24, 2.45) is 0 Å². The van der Waals surface area contributed by atoms with Crippen molar-refractivity contribution in [1.82, 2.24) is 20.6 Å². The first-order chi connectivity index (χ1) is 19.7. The van der Waals surface area contributed by atoms with Crippen LogP contribution in [0.4, 0.5) is 5.69 Å². The van der Waals surface area contributed by atoms with Gasteiger partial charge >= 0.3 is 0 Å². The molecule has 0 bridgehead atoms. The Hall–Kier alpha value is -4.79. The number of aromatic amines is 1. The summed E-state index contributed by atoms with van der Waals surface area (Å²) in [5.74, 6) is 0.336. The zero-order chi connectivity index (χ0) is 29.1. The van der Waals surface area contributed by atoms with Crippen molar-refractivity contribution in [1.29, 1.82) is 0 Å². The van der Waals surface area contributed by atoms with Gasteiger partial charge in [-0.05, 0) is 66.4 Å². The molecule has 1 amide bonds. The SMILES string of the molecule is [2H]c1c([2H])c([2H])c(CCCCOc2ccc(C(=O)Nc3cccc4c(=O)cc(-c5nn[nH]n5)oc34)cc2)c([2H])c1[2H]. The van der Waals surface area contributed by atoms with Gasteiger partial charge in [-0.1, -0.05) is 36.3 Å². The normalized spacial score (nSPS) is 12.8. The number of para-hydroxylation sites is 1. The molecular formula is C27H23N5O4. The van der Waals surface area contributed by atoms with Gasteiger partial charge in [-0.2, -0.15) is 5.21 Å². The molecule has 0 aliphatic rings. The topological polar surface area (TPSA) is 123 Å². The summed E-state index contributed by atoms with van der Waals surface area (Å²) in [6.45, 7) is 0.349. The van der Waals surface area contributed by atoms with Gasteiger partial charge in [-0.25, -0.2) is 0 Å². The van der Waals surface area contributed by atoms with Gasteiger partial charge in [-0.15, -0.1) is 10.2 Å². The third-order valence-electron chi connectivity index (χ3n) is 5.33. The van der Waals surface area contributed by atoms with E-state index in [1.165, 1.54) is 6.07 Å². The average molecular weight is 487 g/mol. The van der Waals surface area contributed by atoms with Crippen LogP contribution < -0.4 is 15.5 Å². The number of carbonyl (C=O) groups excluding carboxylic acids is 1. The van der Waals surface area contributed by atoms with Gasteiger partial charge in [0.05, 0.1) is 24.5 Å². The number of tetrazole rings is 1. The third-order valence-corrected chi connectivity index (χ3v) is 5.33. The number of rotatable bonds is 9. The average Bonchev–Trinajstić information content (AvgIpc) is 3.52. The van der Waals surface area contributed by atoms with Crippen molar-refractivity contribution in [3.8, 4) is 17.3 Å². The highest BCUT2D eigenvalue weighted by atomic mass is 16.5. The second-order valence-corrected chi connectivity index (χ2v) is 7.78. The molecule has 0 radical (unpaired) electrons. The molecule has 2 aromatic heterocycles. The Morgan fingerprint density at radius 2 is 1.92 bits per heavy atom. The van der Waals surface area contributed by atoms with Gasteiger partial charge in [0.25, 0.3) is 5.91 Å². The number of hydrogen-bond donors (Lipinski definition) is 2. The molecule has 9 heteroatoms. The van der Waals surface area contributed by atoms with Crippen molar-refractivity contribution in [3.63, 3.8) is 0 Å². The quantitative estimate of drug-likeness (QED) is 0.291. The number of nitrogens with zero attached hydrogens (tertiary/aromatic N) is 3. The minimum absolute atomic E-state index is 0.104. The first-order valence-electron chi connectivity index (χ1n) is 13.7. The zero-order valence-corrected chi connectivity index (χ0v) is 18.9. The third kappa shape index (κ3) is 5.30. The Morgan fingerprint density at radius 3 is 2.69 bits per heavy atom. The largest absolute Gasteiger partial charge is 0.494 e. The molecular weight excluding hydrogens is 458 g/mol. The number of fused-ring (bicyclic) bond motifs is 1. The summed E-state index contributed by atoms with van der Waals surface area (Å²) in [6, 6.07) is 11.2. The Balaban J connectivity index is 1.19. The van der Waals surface area contributed by atoms with Crippen LogP contribution in [0.5, 0.6) is 5.75 Å². The Kier molecular flexibility index (Phi) is 5.21. The van der Waals surface area contributed by atoms with Crippen molar-refractivity contribution in [2.75, 3.05) is 11.9 Å². The minimum atomic E-state index is -0.421. The van der Waals surface area contributed by atoms with Crippen LogP contribution in [0.25, 0.3) is 22.6 Å². The van der Waals surface area contributed by atoms with Crippen molar-refractivity contribution in [2.45, 2.75) is 19.3 Å². The Bertz CT molecular complexity index is 1760. The molecule has 5 rings (SSSR count). The molecule has 0 fully saturated rings. The number of amides is 1.